The third-order valence-corrected chi connectivity index (χ3v) is 2.58. The third-order valence-electron chi connectivity index (χ3n) is 1.80. The Morgan fingerprint density at radius 1 is 1.50 bits per heavy atom. The molecule has 0 spiro atoms. The van der Waals surface area contributed by atoms with E-state index in [1.807, 2.05) is 0 Å². The summed E-state index contributed by atoms with van der Waals surface area (Å²) in [6.45, 7) is 4.96. The molecule has 0 aliphatic rings. The number of hydrogen-bond donors (Lipinski definition) is 3. The van der Waals surface area contributed by atoms with Crippen LogP contribution in [0.4, 0.5) is 5.69 Å². The summed E-state index contributed by atoms with van der Waals surface area (Å²) in [4.78, 5) is 28.7. The molecular formula is C10H11ClNO5P. The minimum absolute atomic E-state index is 0.107. The lowest BCUT2D eigenvalue weighted by Gasteiger charge is -2.10. The number of hydrogen-bond acceptors (Lipinski definition) is 3. The summed E-state index contributed by atoms with van der Waals surface area (Å²) < 4.78 is 15.0. The molecule has 1 rings (SSSR count). The van der Waals surface area contributed by atoms with E-state index >= 15 is 0 Å². The zero-order chi connectivity index (χ0) is 13.9. The molecule has 8 heteroatoms. The first-order valence-electron chi connectivity index (χ1n) is 4.70. The molecule has 0 unspecified atom stereocenters. The summed E-state index contributed by atoms with van der Waals surface area (Å²) in [5, 5.41) is 2.64. The molecule has 6 nitrogen and oxygen atoms in total. The Bertz CT molecular complexity index is 539. The van der Waals surface area contributed by atoms with Gasteiger partial charge in [0.1, 0.15) is 5.75 Å². The molecule has 0 saturated heterocycles. The largest absolute Gasteiger partial charge is 0.524 e. The lowest BCUT2D eigenvalue weighted by atomic mass is 10.2. The predicted molar refractivity (Wildman–Crippen MR) is 67.6 cm³/mol. The quantitative estimate of drug-likeness (QED) is 0.584. The van der Waals surface area contributed by atoms with Crippen LogP contribution in [0.1, 0.15) is 6.92 Å². The van der Waals surface area contributed by atoms with Crippen molar-refractivity contribution in [3.8, 4) is 5.75 Å². The number of carbonyl (C=O) groups is 1. The molecule has 0 fully saturated rings. The Morgan fingerprint density at radius 3 is 2.61 bits per heavy atom. The van der Waals surface area contributed by atoms with Crippen LogP contribution in [-0.2, 0) is 9.36 Å². The smallest absolute Gasteiger partial charge is 0.404 e. The van der Waals surface area contributed by atoms with Crippen LogP contribution in [0.2, 0.25) is 5.02 Å². The number of anilines is 1. The molecule has 0 aliphatic heterocycles. The summed E-state index contributed by atoms with van der Waals surface area (Å²) in [6.07, 6.45) is 0. The van der Waals surface area contributed by atoms with Gasteiger partial charge in [-0.3, -0.25) is 14.6 Å². The SMILES string of the molecule is C=C(C)C(=O)Nc1cc(OP(=O)(O)O)ccc1Cl. The second-order valence-corrected chi connectivity index (χ2v) is 5.03. The highest BCUT2D eigenvalue weighted by Gasteiger charge is 2.17. The highest BCUT2D eigenvalue weighted by Crippen LogP contribution is 2.39. The van der Waals surface area contributed by atoms with E-state index in [0.29, 0.717) is 0 Å². The van der Waals surface area contributed by atoms with Gasteiger partial charge in [-0.15, -0.1) is 0 Å². The summed E-state index contributed by atoms with van der Waals surface area (Å²) in [7, 11) is -4.65. The molecule has 0 aromatic heterocycles. The van der Waals surface area contributed by atoms with Gasteiger partial charge in [0.25, 0.3) is 5.91 Å². The minimum Gasteiger partial charge on any atom is -0.404 e. The molecule has 3 N–H and O–H groups in total. The van der Waals surface area contributed by atoms with Crippen molar-refractivity contribution in [3.63, 3.8) is 0 Å². The predicted octanol–water partition coefficient (Wildman–Crippen LogP) is 2.33. The lowest BCUT2D eigenvalue weighted by Crippen LogP contribution is -2.12. The van der Waals surface area contributed by atoms with Crippen LogP contribution in [0.5, 0.6) is 5.75 Å². The van der Waals surface area contributed by atoms with Crippen molar-refractivity contribution in [2.24, 2.45) is 0 Å². The standard InChI is InChI=1S/C10H11ClNO5P/c1-6(2)10(13)12-9-5-7(3-4-8(9)11)17-18(14,15)16/h3-5H,1H2,2H3,(H,12,13)(H2,14,15,16). The molecule has 1 aromatic carbocycles. The summed E-state index contributed by atoms with van der Waals surface area (Å²) in [6, 6.07) is 3.83. The Kier molecular flexibility index (Phi) is 4.53. The van der Waals surface area contributed by atoms with Gasteiger partial charge in [0.2, 0.25) is 0 Å². The number of benzene rings is 1. The van der Waals surface area contributed by atoms with E-state index in [0.717, 1.165) is 0 Å². The van der Waals surface area contributed by atoms with Gasteiger partial charge in [-0.2, -0.15) is 0 Å². The summed E-state index contributed by atoms with van der Waals surface area (Å²) in [5.41, 5.74) is 0.447. The molecule has 18 heavy (non-hydrogen) atoms. The Balaban J connectivity index is 2.98. The Hall–Kier alpha value is -1.33. The van der Waals surface area contributed by atoms with E-state index in [-0.39, 0.29) is 22.0 Å². The average Bonchev–Trinajstić information content (AvgIpc) is 2.20. The molecule has 1 aromatic rings. The van der Waals surface area contributed by atoms with Crippen molar-refractivity contribution in [1.82, 2.24) is 0 Å². The van der Waals surface area contributed by atoms with Crippen LogP contribution >= 0.6 is 19.4 Å². The maximum Gasteiger partial charge on any atom is 0.524 e. The van der Waals surface area contributed by atoms with Crippen molar-refractivity contribution in [2.75, 3.05) is 5.32 Å². The average molecular weight is 292 g/mol. The van der Waals surface area contributed by atoms with Gasteiger partial charge in [0, 0.05) is 11.6 Å². The van der Waals surface area contributed by atoms with E-state index in [2.05, 4.69) is 16.4 Å². The first kappa shape index (κ1) is 14.7. The van der Waals surface area contributed by atoms with Gasteiger partial charge in [-0.1, -0.05) is 18.2 Å². The summed E-state index contributed by atoms with van der Waals surface area (Å²) >= 11 is 5.82. The van der Waals surface area contributed by atoms with Crippen molar-refractivity contribution < 1.29 is 23.7 Å². The number of carbonyl (C=O) groups excluding carboxylic acids is 1. The molecule has 0 heterocycles. The highest BCUT2D eigenvalue weighted by atomic mass is 35.5. The van der Waals surface area contributed by atoms with Crippen molar-refractivity contribution >= 4 is 31.0 Å². The van der Waals surface area contributed by atoms with Crippen molar-refractivity contribution in [1.29, 1.82) is 0 Å². The van der Waals surface area contributed by atoms with E-state index in [1.54, 1.807) is 0 Å². The molecule has 0 bridgehead atoms. The van der Waals surface area contributed by atoms with E-state index in [9.17, 15) is 9.36 Å². The molecular weight excluding hydrogens is 281 g/mol. The third kappa shape index (κ3) is 4.50. The van der Waals surface area contributed by atoms with E-state index < -0.39 is 13.7 Å². The zero-order valence-electron chi connectivity index (χ0n) is 9.38. The first-order valence-corrected chi connectivity index (χ1v) is 6.61. The fourth-order valence-corrected chi connectivity index (χ4v) is 1.58. The zero-order valence-corrected chi connectivity index (χ0v) is 11.0. The highest BCUT2D eigenvalue weighted by molar-refractivity contribution is 7.46. The topological polar surface area (TPSA) is 95.9 Å². The first-order chi connectivity index (χ1) is 8.19. The van der Waals surface area contributed by atoms with Crippen LogP contribution < -0.4 is 9.84 Å². The maximum absolute atomic E-state index is 11.4. The minimum atomic E-state index is -4.65. The molecule has 0 radical (unpaired) electrons. The maximum atomic E-state index is 11.4. The van der Waals surface area contributed by atoms with E-state index in [1.165, 1.54) is 25.1 Å². The fraction of sp³-hybridized carbons (Fsp3) is 0.100. The number of halogens is 1. The molecule has 0 saturated carbocycles. The molecule has 0 atom stereocenters. The Labute approximate surface area is 108 Å². The number of phosphoric ester groups is 1. The lowest BCUT2D eigenvalue weighted by molar-refractivity contribution is -0.112. The second kappa shape index (κ2) is 5.54. The second-order valence-electron chi connectivity index (χ2n) is 3.46. The van der Waals surface area contributed by atoms with Crippen molar-refractivity contribution in [2.45, 2.75) is 6.92 Å². The van der Waals surface area contributed by atoms with Gasteiger partial charge in [-0.25, -0.2) is 4.57 Å². The normalized spacial score (nSPS) is 10.9. The molecule has 0 aliphatic carbocycles. The van der Waals surface area contributed by atoms with Crippen LogP contribution in [0.15, 0.2) is 30.4 Å². The fourth-order valence-electron chi connectivity index (χ4n) is 1.02. The number of nitrogens with one attached hydrogen (secondary N) is 1. The van der Waals surface area contributed by atoms with Gasteiger partial charge >= 0.3 is 7.82 Å². The van der Waals surface area contributed by atoms with E-state index in [4.69, 9.17) is 21.4 Å². The Morgan fingerprint density at radius 2 is 2.11 bits per heavy atom. The number of rotatable bonds is 4. The van der Waals surface area contributed by atoms with Crippen LogP contribution in [0.25, 0.3) is 0 Å². The molecule has 1 amide bonds. The monoisotopic (exact) mass is 291 g/mol. The van der Waals surface area contributed by atoms with Crippen LogP contribution in [0, 0.1) is 0 Å². The number of amides is 1. The van der Waals surface area contributed by atoms with Crippen LogP contribution in [0.3, 0.4) is 0 Å². The van der Waals surface area contributed by atoms with Crippen molar-refractivity contribution in [3.05, 3.63) is 35.4 Å². The van der Waals surface area contributed by atoms with Gasteiger partial charge in [-0.05, 0) is 19.1 Å². The van der Waals surface area contributed by atoms with Crippen LogP contribution in [-0.4, -0.2) is 15.7 Å². The number of phosphoric acid groups is 1. The summed E-state index contributed by atoms with van der Waals surface area (Å²) in [5.74, 6) is -0.560. The van der Waals surface area contributed by atoms with Gasteiger partial charge in [0.15, 0.2) is 0 Å². The van der Waals surface area contributed by atoms with Gasteiger partial charge in [0.05, 0.1) is 10.7 Å². The molecule has 98 valence electrons. The van der Waals surface area contributed by atoms with Gasteiger partial charge < -0.3 is 9.84 Å².